The molecule has 1 aromatic carbocycles. The topological polar surface area (TPSA) is 21.3 Å². The molecule has 1 aromatic rings. The summed E-state index contributed by atoms with van der Waals surface area (Å²) < 4.78 is 5.93. The number of nitrogens with one attached hydrogen (secondary N) is 1. The molecule has 0 amide bonds. The van der Waals surface area contributed by atoms with Crippen molar-refractivity contribution < 1.29 is 4.74 Å². The highest BCUT2D eigenvalue weighted by molar-refractivity contribution is 6.30. The molecule has 0 aliphatic rings. The molecule has 0 fully saturated rings. The quantitative estimate of drug-likeness (QED) is 0.718. The molecular weight excluding hydrogens is 246 g/mol. The standard InChI is InChI=1S/C15H22ClNO/c1-4-6-10-15(17-5-2)12(3)18-14-9-7-8-13(16)11-14/h4,7-9,11-12,15,17H,1,5-6,10H2,2-3H3. The van der Waals surface area contributed by atoms with Gasteiger partial charge in [-0.15, -0.1) is 6.58 Å². The molecular formula is C15H22ClNO. The summed E-state index contributed by atoms with van der Waals surface area (Å²) in [4.78, 5) is 0. The first kappa shape index (κ1) is 15.1. The average molecular weight is 268 g/mol. The minimum atomic E-state index is 0.100. The van der Waals surface area contributed by atoms with Gasteiger partial charge in [-0.1, -0.05) is 30.7 Å². The van der Waals surface area contributed by atoms with E-state index in [1.165, 1.54) is 0 Å². The zero-order valence-electron chi connectivity index (χ0n) is 11.2. The molecule has 0 radical (unpaired) electrons. The summed E-state index contributed by atoms with van der Waals surface area (Å²) in [6, 6.07) is 7.84. The normalized spacial score (nSPS) is 13.9. The smallest absolute Gasteiger partial charge is 0.121 e. The van der Waals surface area contributed by atoms with Crippen molar-refractivity contribution >= 4 is 11.6 Å². The maximum atomic E-state index is 5.94. The molecule has 1 N–H and O–H groups in total. The Labute approximate surface area is 115 Å². The second kappa shape index (κ2) is 8.17. The van der Waals surface area contributed by atoms with E-state index in [9.17, 15) is 0 Å². The van der Waals surface area contributed by atoms with Crippen LogP contribution in [0, 0.1) is 0 Å². The summed E-state index contributed by atoms with van der Waals surface area (Å²) >= 11 is 5.94. The van der Waals surface area contributed by atoms with Gasteiger partial charge in [0.15, 0.2) is 0 Å². The zero-order chi connectivity index (χ0) is 13.4. The number of benzene rings is 1. The summed E-state index contributed by atoms with van der Waals surface area (Å²) in [5, 5.41) is 4.15. The lowest BCUT2D eigenvalue weighted by atomic mass is 10.1. The number of halogens is 1. The highest BCUT2D eigenvalue weighted by Crippen LogP contribution is 2.19. The fraction of sp³-hybridized carbons (Fsp3) is 0.467. The van der Waals surface area contributed by atoms with E-state index in [1.54, 1.807) is 0 Å². The van der Waals surface area contributed by atoms with Gasteiger partial charge in [0.2, 0.25) is 0 Å². The maximum absolute atomic E-state index is 5.94. The minimum Gasteiger partial charge on any atom is -0.489 e. The van der Waals surface area contributed by atoms with Crippen LogP contribution in [0.3, 0.4) is 0 Å². The summed E-state index contributed by atoms with van der Waals surface area (Å²) in [5.41, 5.74) is 0. The van der Waals surface area contributed by atoms with Gasteiger partial charge >= 0.3 is 0 Å². The van der Waals surface area contributed by atoms with Crippen LogP contribution in [0.4, 0.5) is 0 Å². The predicted molar refractivity (Wildman–Crippen MR) is 78.4 cm³/mol. The first-order valence-electron chi connectivity index (χ1n) is 6.43. The molecule has 0 aliphatic heterocycles. The Morgan fingerprint density at radius 1 is 1.50 bits per heavy atom. The number of rotatable bonds is 8. The number of hydrogen-bond acceptors (Lipinski definition) is 2. The van der Waals surface area contributed by atoms with Gasteiger partial charge in [-0.2, -0.15) is 0 Å². The van der Waals surface area contributed by atoms with Crippen molar-refractivity contribution in [1.82, 2.24) is 5.32 Å². The van der Waals surface area contributed by atoms with Gasteiger partial charge in [-0.25, -0.2) is 0 Å². The molecule has 2 unspecified atom stereocenters. The number of likely N-dealkylation sites (N-methyl/N-ethyl adjacent to an activating group) is 1. The van der Waals surface area contributed by atoms with Crippen molar-refractivity contribution in [3.05, 3.63) is 41.9 Å². The molecule has 0 bridgehead atoms. The third-order valence-corrected chi connectivity index (χ3v) is 3.07. The van der Waals surface area contributed by atoms with Gasteiger partial charge in [-0.05, 0) is 44.5 Å². The van der Waals surface area contributed by atoms with Gasteiger partial charge in [0, 0.05) is 11.1 Å². The Hall–Kier alpha value is -0.990. The van der Waals surface area contributed by atoms with E-state index < -0.39 is 0 Å². The van der Waals surface area contributed by atoms with Crippen molar-refractivity contribution in [2.75, 3.05) is 6.54 Å². The zero-order valence-corrected chi connectivity index (χ0v) is 11.9. The first-order valence-corrected chi connectivity index (χ1v) is 6.81. The number of ether oxygens (including phenoxy) is 1. The van der Waals surface area contributed by atoms with Gasteiger partial charge < -0.3 is 10.1 Å². The van der Waals surface area contributed by atoms with Gasteiger partial charge in [0.1, 0.15) is 11.9 Å². The fourth-order valence-corrected chi connectivity index (χ4v) is 2.08. The van der Waals surface area contributed by atoms with E-state index in [1.807, 2.05) is 30.3 Å². The monoisotopic (exact) mass is 267 g/mol. The van der Waals surface area contributed by atoms with Crippen LogP contribution in [0.25, 0.3) is 0 Å². The van der Waals surface area contributed by atoms with E-state index in [2.05, 4.69) is 25.7 Å². The van der Waals surface area contributed by atoms with E-state index in [0.29, 0.717) is 11.1 Å². The SMILES string of the molecule is C=CCCC(NCC)C(C)Oc1cccc(Cl)c1. The van der Waals surface area contributed by atoms with Crippen molar-refractivity contribution in [3.8, 4) is 5.75 Å². The third kappa shape index (κ3) is 5.11. The fourth-order valence-electron chi connectivity index (χ4n) is 1.90. The van der Waals surface area contributed by atoms with Crippen LogP contribution < -0.4 is 10.1 Å². The molecule has 18 heavy (non-hydrogen) atoms. The van der Waals surface area contributed by atoms with Gasteiger partial charge in [-0.3, -0.25) is 0 Å². The van der Waals surface area contributed by atoms with Crippen LogP contribution in [0.5, 0.6) is 5.75 Å². The Balaban J connectivity index is 2.59. The summed E-state index contributed by atoms with van der Waals surface area (Å²) in [5.74, 6) is 0.816. The predicted octanol–water partition coefficient (Wildman–Crippen LogP) is 4.05. The maximum Gasteiger partial charge on any atom is 0.121 e. The Bertz CT molecular complexity index is 367. The third-order valence-electron chi connectivity index (χ3n) is 2.83. The van der Waals surface area contributed by atoms with Crippen LogP contribution in [-0.4, -0.2) is 18.7 Å². The van der Waals surface area contributed by atoms with Crippen molar-refractivity contribution in [2.45, 2.75) is 38.8 Å². The molecule has 0 aromatic heterocycles. The van der Waals surface area contributed by atoms with E-state index in [0.717, 1.165) is 25.1 Å². The largest absolute Gasteiger partial charge is 0.489 e. The highest BCUT2D eigenvalue weighted by atomic mass is 35.5. The van der Waals surface area contributed by atoms with Crippen LogP contribution in [-0.2, 0) is 0 Å². The summed E-state index contributed by atoms with van der Waals surface area (Å²) in [6.45, 7) is 8.88. The Morgan fingerprint density at radius 3 is 2.89 bits per heavy atom. The van der Waals surface area contributed by atoms with Crippen molar-refractivity contribution in [1.29, 1.82) is 0 Å². The molecule has 3 heteroatoms. The van der Waals surface area contributed by atoms with Crippen LogP contribution >= 0.6 is 11.6 Å². The Morgan fingerprint density at radius 2 is 2.28 bits per heavy atom. The van der Waals surface area contributed by atoms with Crippen LogP contribution in [0.2, 0.25) is 5.02 Å². The second-order valence-corrected chi connectivity index (χ2v) is 4.75. The van der Waals surface area contributed by atoms with E-state index in [4.69, 9.17) is 16.3 Å². The summed E-state index contributed by atoms with van der Waals surface area (Å²) in [6.07, 6.45) is 4.06. The van der Waals surface area contributed by atoms with Gasteiger partial charge in [0.25, 0.3) is 0 Å². The lowest BCUT2D eigenvalue weighted by Crippen LogP contribution is -2.41. The molecule has 100 valence electrons. The molecule has 0 saturated heterocycles. The Kier molecular flexibility index (Phi) is 6.84. The van der Waals surface area contributed by atoms with Crippen LogP contribution in [0.15, 0.2) is 36.9 Å². The molecule has 0 heterocycles. The van der Waals surface area contributed by atoms with Gasteiger partial charge in [0.05, 0.1) is 0 Å². The molecule has 1 rings (SSSR count). The minimum absolute atomic E-state index is 0.100. The van der Waals surface area contributed by atoms with E-state index >= 15 is 0 Å². The average Bonchev–Trinajstić information content (AvgIpc) is 2.34. The van der Waals surface area contributed by atoms with Crippen LogP contribution in [0.1, 0.15) is 26.7 Å². The highest BCUT2D eigenvalue weighted by Gasteiger charge is 2.17. The molecule has 2 nitrogen and oxygen atoms in total. The molecule has 2 atom stereocenters. The lowest BCUT2D eigenvalue weighted by molar-refractivity contribution is 0.166. The lowest BCUT2D eigenvalue weighted by Gasteiger charge is -2.25. The van der Waals surface area contributed by atoms with Crippen molar-refractivity contribution in [2.24, 2.45) is 0 Å². The number of allylic oxidation sites excluding steroid dienone is 1. The molecule has 0 saturated carbocycles. The summed E-state index contributed by atoms with van der Waals surface area (Å²) in [7, 11) is 0. The second-order valence-electron chi connectivity index (χ2n) is 4.31. The number of hydrogen-bond donors (Lipinski definition) is 1. The van der Waals surface area contributed by atoms with E-state index in [-0.39, 0.29) is 6.10 Å². The molecule has 0 spiro atoms. The van der Waals surface area contributed by atoms with Crippen molar-refractivity contribution in [3.63, 3.8) is 0 Å². The first-order chi connectivity index (χ1) is 8.67. The molecule has 0 aliphatic carbocycles.